The first-order valence-electron chi connectivity index (χ1n) is 4.30. The number of hydrogen-bond acceptors (Lipinski definition) is 0. The third-order valence-corrected chi connectivity index (χ3v) is 2.61. The Morgan fingerprint density at radius 3 is 2.60 bits per heavy atom. The van der Waals surface area contributed by atoms with Crippen LogP contribution < -0.4 is 0 Å². The molecule has 0 aliphatic carbocycles. The molecule has 0 amide bonds. The lowest BCUT2D eigenvalue weighted by Gasteiger charge is -1.89. The minimum Gasteiger partial charge on any atom is -0.0988 e. The lowest BCUT2D eigenvalue weighted by Crippen LogP contribution is -1.66. The molecule has 0 heterocycles. The van der Waals surface area contributed by atoms with E-state index >= 15 is 0 Å². The summed E-state index contributed by atoms with van der Waals surface area (Å²) >= 11 is 0. The van der Waals surface area contributed by atoms with Gasteiger partial charge in [0.15, 0.2) is 0 Å². The Balaban J connectivity index is 2.89. The van der Waals surface area contributed by atoms with Gasteiger partial charge in [-0.05, 0) is 12.6 Å². The van der Waals surface area contributed by atoms with Crippen LogP contribution in [0.3, 0.4) is 0 Å². The van der Waals surface area contributed by atoms with Crippen LogP contribution in [-0.2, 0) is 0 Å². The van der Waals surface area contributed by atoms with Crippen LogP contribution in [-0.4, -0.2) is 6.16 Å². The third kappa shape index (κ3) is 8.17. The van der Waals surface area contributed by atoms with Crippen LogP contribution in [0, 0.1) is 0 Å². The van der Waals surface area contributed by atoms with E-state index in [2.05, 4.69) is 25.7 Å². The Morgan fingerprint density at radius 2 is 2.00 bits per heavy atom. The van der Waals surface area contributed by atoms with Crippen molar-refractivity contribution in [3.8, 4) is 0 Å². The van der Waals surface area contributed by atoms with Crippen molar-refractivity contribution < 1.29 is 0 Å². The standard InChI is InChI=1S/C9H19P/c1-3-5-6-7-9-10-8-4-2/h7,9-10H,3-6,8H2,1-2H3/b9-7+. The van der Waals surface area contributed by atoms with Gasteiger partial charge in [0.25, 0.3) is 0 Å². The Kier molecular flexibility index (Phi) is 9.33. The molecule has 0 aromatic heterocycles. The van der Waals surface area contributed by atoms with E-state index in [0.29, 0.717) is 0 Å². The van der Waals surface area contributed by atoms with E-state index in [0.717, 1.165) is 8.58 Å². The Hall–Kier alpha value is 0.170. The molecule has 0 spiro atoms. The second kappa shape index (κ2) is 9.17. The number of rotatable bonds is 6. The van der Waals surface area contributed by atoms with Gasteiger partial charge in [-0.2, -0.15) is 0 Å². The van der Waals surface area contributed by atoms with E-state index in [1.54, 1.807) is 0 Å². The first-order valence-corrected chi connectivity index (χ1v) is 5.58. The van der Waals surface area contributed by atoms with Gasteiger partial charge in [0.05, 0.1) is 0 Å². The highest BCUT2D eigenvalue weighted by Crippen LogP contribution is 2.13. The highest BCUT2D eigenvalue weighted by Gasteiger charge is 1.78. The van der Waals surface area contributed by atoms with Crippen LogP contribution in [0.4, 0.5) is 0 Å². The van der Waals surface area contributed by atoms with Crippen molar-refractivity contribution in [2.75, 3.05) is 6.16 Å². The van der Waals surface area contributed by atoms with E-state index in [9.17, 15) is 0 Å². The lowest BCUT2D eigenvalue weighted by atomic mass is 10.2. The second-order valence-corrected chi connectivity index (χ2v) is 3.74. The Labute approximate surface area is 66.9 Å². The summed E-state index contributed by atoms with van der Waals surface area (Å²) in [4.78, 5) is 0. The van der Waals surface area contributed by atoms with E-state index < -0.39 is 0 Å². The minimum absolute atomic E-state index is 1.06. The summed E-state index contributed by atoms with van der Waals surface area (Å²) in [5, 5.41) is 0. The van der Waals surface area contributed by atoms with Gasteiger partial charge in [0.1, 0.15) is 0 Å². The molecule has 0 rings (SSSR count). The first kappa shape index (κ1) is 10.2. The van der Waals surface area contributed by atoms with E-state index in [1.165, 1.54) is 31.8 Å². The monoisotopic (exact) mass is 158 g/mol. The van der Waals surface area contributed by atoms with Crippen molar-refractivity contribution in [2.45, 2.75) is 39.5 Å². The Bertz CT molecular complexity index is 66.8. The van der Waals surface area contributed by atoms with Crippen LogP contribution in [0.1, 0.15) is 39.5 Å². The summed E-state index contributed by atoms with van der Waals surface area (Å²) in [5.41, 5.74) is 0. The van der Waals surface area contributed by atoms with Crippen molar-refractivity contribution in [2.24, 2.45) is 0 Å². The second-order valence-electron chi connectivity index (χ2n) is 2.50. The zero-order chi connectivity index (χ0) is 7.66. The molecule has 1 atom stereocenters. The fourth-order valence-corrected chi connectivity index (χ4v) is 1.50. The van der Waals surface area contributed by atoms with Crippen LogP contribution in [0.25, 0.3) is 0 Å². The lowest BCUT2D eigenvalue weighted by molar-refractivity contribution is 0.815. The van der Waals surface area contributed by atoms with Crippen molar-refractivity contribution in [1.29, 1.82) is 0 Å². The van der Waals surface area contributed by atoms with Crippen molar-refractivity contribution in [1.82, 2.24) is 0 Å². The average Bonchev–Trinajstić information content (AvgIpc) is 1.97. The smallest absolute Gasteiger partial charge is 0.0321 e. The van der Waals surface area contributed by atoms with Gasteiger partial charge in [0.2, 0.25) is 0 Å². The van der Waals surface area contributed by atoms with Crippen LogP contribution in [0.15, 0.2) is 11.9 Å². The molecule has 0 aliphatic rings. The van der Waals surface area contributed by atoms with Crippen LogP contribution in [0.5, 0.6) is 0 Å². The predicted octanol–water partition coefficient (Wildman–Crippen LogP) is 3.78. The Morgan fingerprint density at radius 1 is 1.20 bits per heavy atom. The van der Waals surface area contributed by atoms with E-state index in [1.807, 2.05) is 0 Å². The summed E-state index contributed by atoms with van der Waals surface area (Å²) in [7, 11) is 1.06. The first-order chi connectivity index (χ1) is 4.91. The van der Waals surface area contributed by atoms with Gasteiger partial charge in [-0.25, -0.2) is 0 Å². The molecule has 10 heavy (non-hydrogen) atoms. The van der Waals surface area contributed by atoms with Gasteiger partial charge < -0.3 is 0 Å². The fraction of sp³-hybridized carbons (Fsp3) is 0.778. The quantitative estimate of drug-likeness (QED) is 0.407. The van der Waals surface area contributed by atoms with Crippen LogP contribution >= 0.6 is 8.58 Å². The highest BCUT2D eigenvalue weighted by atomic mass is 31.1. The largest absolute Gasteiger partial charge is 0.0988 e. The molecule has 0 bridgehead atoms. The van der Waals surface area contributed by atoms with Crippen molar-refractivity contribution >= 4 is 8.58 Å². The molecule has 1 heteroatoms. The maximum Gasteiger partial charge on any atom is -0.0321 e. The zero-order valence-electron chi connectivity index (χ0n) is 7.19. The molecule has 0 fully saturated rings. The molecule has 0 aliphatic heterocycles. The van der Waals surface area contributed by atoms with E-state index in [-0.39, 0.29) is 0 Å². The summed E-state index contributed by atoms with van der Waals surface area (Å²) in [6.07, 6.45) is 9.00. The summed E-state index contributed by atoms with van der Waals surface area (Å²) < 4.78 is 0. The summed E-state index contributed by atoms with van der Waals surface area (Å²) in [6, 6.07) is 0. The zero-order valence-corrected chi connectivity index (χ0v) is 8.19. The topological polar surface area (TPSA) is 0 Å². The maximum absolute atomic E-state index is 2.35. The predicted molar refractivity (Wildman–Crippen MR) is 52.1 cm³/mol. The van der Waals surface area contributed by atoms with Crippen LogP contribution in [0.2, 0.25) is 0 Å². The minimum atomic E-state index is 1.06. The summed E-state index contributed by atoms with van der Waals surface area (Å²) in [6.45, 7) is 4.48. The van der Waals surface area contributed by atoms with E-state index in [4.69, 9.17) is 0 Å². The molecule has 0 saturated carbocycles. The molecule has 1 unspecified atom stereocenters. The number of unbranched alkanes of at least 4 members (excludes halogenated alkanes) is 2. The number of hydrogen-bond donors (Lipinski definition) is 0. The fourth-order valence-electron chi connectivity index (χ4n) is 0.716. The number of allylic oxidation sites excluding steroid dienone is 1. The van der Waals surface area contributed by atoms with Crippen molar-refractivity contribution in [3.63, 3.8) is 0 Å². The molecular formula is C9H19P. The molecular weight excluding hydrogens is 139 g/mol. The maximum atomic E-state index is 2.35. The summed E-state index contributed by atoms with van der Waals surface area (Å²) in [5.74, 6) is 2.35. The normalized spacial score (nSPS) is 12.2. The molecule has 0 N–H and O–H groups in total. The molecule has 0 radical (unpaired) electrons. The average molecular weight is 158 g/mol. The van der Waals surface area contributed by atoms with Gasteiger partial charge in [0, 0.05) is 0 Å². The molecule has 0 aromatic carbocycles. The van der Waals surface area contributed by atoms with Gasteiger partial charge in [-0.3, -0.25) is 0 Å². The van der Waals surface area contributed by atoms with Gasteiger partial charge >= 0.3 is 0 Å². The highest BCUT2D eigenvalue weighted by molar-refractivity contribution is 7.41. The molecule has 0 saturated heterocycles. The molecule has 0 nitrogen and oxygen atoms in total. The van der Waals surface area contributed by atoms with Gasteiger partial charge in [-0.15, -0.1) is 0 Å². The molecule has 60 valence electrons. The molecule has 0 aromatic rings. The third-order valence-electron chi connectivity index (χ3n) is 1.35. The van der Waals surface area contributed by atoms with Gasteiger partial charge in [-0.1, -0.05) is 53.6 Å². The SMILES string of the molecule is CCCC/C=C/PCCC. The van der Waals surface area contributed by atoms with Crippen molar-refractivity contribution in [3.05, 3.63) is 11.9 Å².